The molecule has 3 N–H and O–H groups in total. The van der Waals surface area contributed by atoms with Crippen LogP contribution in [-0.4, -0.2) is 73.3 Å². The van der Waals surface area contributed by atoms with Gasteiger partial charge in [-0.2, -0.15) is 20.1 Å². The maximum atomic E-state index is 5.76. The molecule has 0 atom stereocenters. The Morgan fingerprint density at radius 2 is 1.41 bits per heavy atom. The van der Waals surface area contributed by atoms with E-state index in [1.54, 1.807) is 0 Å². The lowest BCUT2D eigenvalue weighted by Gasteiger charge is -2.30. The van der Waals surface area contributed by atoms with Crippen molar-refractivity contribution in [3.8, 4) is 0 Å². The first-order valence-electron chi connectivity index (χ1n) is 9.77. The third-order valence-corrected chi connectivity index (χ3v) is 4.85. The highest BCUT2D eigenvalue weighted by molar-refractivity contribution is 5.99. The Bertz CT molecular complexity index is 810. The highest BCUT2D eigenvalue weighted by atomic mass is 16.5. The van der Waals surface area contributed by atoms with E-state index in [1.807, 2.05) is 31.2 Å². The predicted octanol–water partition coefficient (Wildman–Crippen LogP) is 0.963. The normalized spacial score (nSPS) is 18.0. The van der Waals surface area contributed by atoms with Gasteiger partial charge in [-0.15, -0.1) is 0 Å². The molecule has 2 saturated heterocycles. The van der Waals surface area contributed by atoms with Gasteiger partial charge < -0.3 is 25.0 Å². The number of hydrazone groups is 1. The van der Waals surface area contributed by atoms with E-state index in [0.717, 1.165) is 43.1 Å². The second-order valence-corrected chi connectivity index (χ2v) is 6.89. The minimum absolute atomic E-state index is 0.415. The molecule has 4 rings (SSSR count). The zero-order valence-electron chi connectivity index (χ0n) is 16.5. The van der Waals surface area contributed by atoms with Gasteiger partial charge in [0.25, 0.3) is 0 Å². The molecular formula is C19H26N8O2. The van der Waals surface area contributed by atoms with E-state index < -0.39 is 0 Å². The Kier molecular flexibility index (Phi) is 6.01. The number of rotatable bonds is 5. The van der Waals surface area contributed by atoms with Gasteiger partial charge in [0.2, 0.25) is 17.8 Å². The molecule has 154 valence electrons. The van der Waals surface area contributed by atoms with E-state index in [0.29, 0.717) is 44.3 Å². The molecular weight excluding hydrogens is 372 g/mol. The van der Waals surface area contributed by atoms with Crippen LogP contribution in [0.2, 0.25) is 0 Å². The Labute approximate surface area is 169 Å². The molecule has 1 aromatic carbocycles. The van der Waals surface area contributed by atoms with E-state index in [9.17, 15) is 0 Å². The van der Waals surface area contributed by atoms with Crippen molar-refractivity contribution in [3.63, 3.8) is 0 Å². The Morgan fingerprint density at radius 1 is 0.897 bits per heavy atom. The van der Waals surface area contributed by atoms with Crippen LogP contribution in [0.4, 0.5) is 23.5 Å². The summed E-state index contributed by atoms with van der Waals surface area (Å²) in [5.74, 6) is 1.68. The summed E-state index contributed by atoms with van der Waals surface area (Å²) in [4.78, 5) is 18.1. The number of ether oxygens (including phenoxy) is 2. The highest BCUT2D eigenvalue weighted by Crippen LogP contribution is 2.19. The van der Waals surface area contributed by atoms with Gasteiger partial charge in [-0.25, -0.2) is 5.43 Å². The van der Waals surface area contributed by atoms with E-state index in [2.05, 4.69) is 30.3 Å². The first-order valence-corrected chi connectivity index (χ1v) is 9.77. The molecule has 10 nitrogen and oxygen atoms in total. The molecule has 3 heterocycles. The Hall–Kier alpha value is -2.98. The Morgan fingerprint density at radius 3 is 1.93 bits per heavy atom. The van der Waals surface area contributed by atoms with Gasteiger partial charge in [0.1, 0.15) is 0 Å². The smallest absolute Gasteiger partial charge is 0.250 e. The molecule has 2 aliphatic rings. The van der Waals surface area contributed by atoms with Crippen molar-refractivity contribution in [2.45, 2.75) is 6.92 Å². The van der Waals surface area contributed by atoms with Crippen molar-refractivity contribution in [2.24, 2.45) is 5.10 Å². The van der Waals surface area contributed by atoms with E-state index in [4.69, 9.17) is 20.2 Å². The van der Waals surface area contributed by atoms with Gasteiger partial charge in [-0.1, -0.05) is 12.1 Å². The fraction of sp³-hybridized carbons (Fsp3) is 0.474. The molecule has 0 radical (unpaired) electrons. The molecule has 0 bridgehead atoms. The van der Waals surface area contributed by atoms with Crippen LogP contribution in [0.25, 0.3) is 0 Å². The molecule has 2 fully saturated rings. The second kappa shape index (κ2) is 9.01. The van der Waals surface area contributed by atoms with Crippen LogP contribution in [0, 0.1) is 0 Å². The van der Waals surface area contributed by atoms with E-state index >= 15 is 0 Å². The van der Waals surface area contributed by atoms with Crippen LogP contribution in [0.15, 0.2) is 29.4 Å². The van der Waals surface area contributed by atoms with Gasteiger partial charge in [-0.3, -0.25) is 0 Å². The lowest BCUT2D eigenvalue weighted by Crippen LogP contribution is -2.40. The van der Waals surface area contributed by atoms with Crippen LogP contribution in [0.1, 0.15) is 12.5 Å². The summed E-state index contributed by atoms with van der Waals surface area (Å²) < 4.78 is 10.9. The molecule has 0 aliphatic carbocycles. The van der Waals surface area contributed by atoms with Crippen molar-refractivity contribution in [2.75, 3.05) is 73.6 Å². The lowest BCUT2D eigenvalue weighted by atomic mass is 10.1. The third-order valence-electron chi connectivity index (χ3n) is 4.85. The monoisotopic (exact) mass is 398 g/mol. The largest absolute Gasteiger partial charge is 0.399 e. The zero-order valence-corrected chi connectivity index (χ0v) is 16.5. The van der Waals surface area contributed by atoms with Crippen LogP contribution < -0.4 is 21.0 Å². The second-order valence-electron chi connectivity index (χ2n) is 6.89. The number of nitrogens with two attached hydrogens (primary N) is 1. The van der Waals surface area contributed by atoms with Gasteiger partial charge in [-0.05, 0) is 24.6 Å². The standard InChI is InChI=1S/C19H26N8O2/c1-14(15-2-4-16(20)5-3-15)24-25-17-21-18(26-6-10-28-11-7-26)23-19(22-17)27-8-12-29-13-9-27/h2-5H,6-13,20H2,1H3,(H,21,22,23,25). The van der Waals surface area contributed by atoms with Crippen molar-refractivity contribution in [1.29, 1.82) is 0 Å². The van der Waals surface area contributed by atoms with E-state index in [1.165, 1.54) is 0 Å². The minimum Gasteiger partial charge on any atom is -0.399 e. The molecule has 10 heteroatoms. The number of hydrogen-bond acceptors (Lipinski definition) is 10. The van der Waals surface area contributed by atoms with Crippen LogP contribution in [-0.2, 0) is 9.47 Å². The quantitative estimate of drug-likeness (QED) is 0.432. The molecule has 0 spiro atoms. The van der Waals surface area contributed by atoms with Crippen LogP contribution in [0.5, 0.6) is 0 Å². The number of nitrogen functional groups attached to an aromatic ring is 1. The van der Waals surface area contributed by atoms with Crippen molar-refractivity contribution < 1.29 is 9.47 Å². The molecule has 2 aromatic rings. The zero-order chi connectivity index (χ0) is 20.1. The van der Waals surface area contributed by atoms with Crippen molar-refractivity contribution >= 4 is 29.2 Å². The number of nitrogens with zero attached hydrogens (tertiary/aromatic N) is 6. The topological polar surface area (TPSA) is 114 Å². The number of benzene rings is 1. The molecule has 2 aliphatic heterocycles. The summed E-state index contributed by atoms with van der Waals surface area (Å²) in [6, 6.07) is 7.57. The number of nitrogens with one attached hydrogen (secondary N) is 1. The summed E-state index contributed by atoms with van der Waals surface area (Å²) in [6.07, 6.45) is 0. The van der Waals surface area contributed by atoms with Crippen LogP contribution >= 0.6 is 0 Å². The molecule has 29 heavy (non-hydrogen) atoms. The van der Waals surface area contributed by atoms with Gasteiger partial charge in [0.05, 0.1) is 32.1 Å². The SMILES string of the molecule is CC(=NNc1nc(N2CCOCC2)nc(N2CCOCC2)n1)c1ccc(N)cc1. The summed E-state index contributed by atoms with van der Waals surface area (Å²) >= 11 is 0. The maximum Gasteiger partial charge on any atom is 0.250 e. The van der Waals surface area contributed by atoms with Gasteiger partial charge >= 0.3 is 0 Å². The highest BCUT2D eigenvalue weighted by Gasteiger charge is 2.20. The van der Waals surface area contributed by atoms with Gasteiger partial charge in [0.15, 0.2) is 0 Å². The van der Waals surface area contributed by atoms with Gasteiger partial charge in [0, 0.05) is 31.9 Å². The predicted molar refractivity (Wildman–Crippen MR) is 113 cm³/mol. The fourth-order valence-electron chi connectivity index (χ4n) is 3.14. The first kappa shape index (κ1) is 19.3. The molecule has 0 saturated carbocycles. The fourth-order valence-corrected chi connectivity index (χ4v) is 3.14. The number of morpholine rings is 2. The third kappa shape index (κ3) is 4.90. The number of hydrogen-bond donors (Lipinski definition) is 2. The Balaban J connectivity index is 1.58. The lowest BCUT2D eigenvalue weighted by molar-refractivity contribution is 0.121. The van der Waals surface area contributed by atoms with E-state index in [-0.39, 0.29) is 0 Å². The van der Waals surface area contributed by atoms with Crippen molar-refractivity contribution in [1.82, 2.24) is 15.0 Å². The molecule has 0 amide bonds. The summed E-state index contributed by atoms with van der Waals surface area (Å²) in [6.45, 7) is 7.57. The summed E-state index contributed by atoms with van der Waals surface area (Å²) in [5.41, 5.74) is 11.3. The number of aromatic nitrogens is 3. The maximum absolute atomic E-state index is 5.76. The average Bonchev–Trinajstić information content (AvgIpc) is 2.79. The minimum atomic E-state index is 0.415. The summed E-state index contributed by atoms with van der Waals surface area (Å²) in [5, 5.41) is 4.45. The summed E-state index contributed by atoms with van der Waals surface area (Å²) in [7, 11) is 0. The first-order chi connectivity index (χ1) is 14.2. The molecule has 0 unspecified atom stereocenters. The average molecular weight is 398 g/mol. The number of anilines is 4. The van der Waals surface area contributed by atoms with Crippen molar-refractivity contribution in [3.05, 3.63) is 29.8 Å². The van der Waals surface area contributed by atoms with Crippen LogP contribution in [0.3, 0.4) is 0 Å². The molecule has 1 aromatic heterocycles.